The maximum Gasteiger partial charge on any atom is 0.326 e. The van der Waals surface area contributed by atoms with E-state index in [4.69, 9.17) is 5.11 Å². The minimum Gasteiger partial charge on any atom is -0.480 e. The summed E-state index contributed by atoms with van der Waals surface area (Å²) >= 11 is 0. The van der Waals surface area contributed by atoms with Crippen molar-refractivity contribution in [2.24, 2.45) is 5.92 Å². The lowest BCUT2D eigenvalue weighted by molar-refractivity contribution is -0.141. The number of carboxylic acid groups (broad SMARTS) is 1. The van der Waals surface area contributed by atoms with Gasteiger partial charge in [-0.2, -0.15) is 0 Å². The number of aliphatic hydroxyl groups is 1. The molecule has 21 heavy (non-hydrogen) atoms. The maximum absolute atomic E-state index is 12.1. The van der Waals surface area contributed by atoms with E-state index < -0.39 is 18.1 Å². The number of amides is 2. The van der Waals surface area contributed by atoms with E-state index in [1.165, 1.54) is 4.90 Å². The molecule has 0 aromatic heterocycles. The first-order chi connectivity index (χ1) is 9.88. The number of hydrogen-bond acceptors (Lipinski definition) is 4. The second kappa shape index (κ2) is 6.62. The minimum atomic E-state index is -1.06. The summed E-state index contributed by atoms with van der Waals surface area (Å²) in [7, 11) is 0. The molecule has 2 heterocycles. The van der Waals surface area contributed by atoms with Crippen LogP contribution in [0.5, 0.6) is 0 Å². The topological polar surface area (TPSA) is 93.1 Å². The van der Waals surface area contributed by atoms with E-state index in [1.54, 1.807) is 0 Å². The van der Waals surface area contributed by atoms with Crippen molar-refractivity contribution in [3.05, 3.63) is 0 Å². The molecule has 2 aliphatic rings. The summed E-state index contributed by atoms with van der Waals surface area (Å²) in [6.07, 6.45) is 0.399. The van der Waals surface area contributed by atoms with Gasteiger partial charge in [-0.25, -0.2) is 9.59 Å². The van der Waals surface area contributed by atoms with Crippen LogP contribution < -0.4 is 5.32 Å². The number of carboxylic acids is 1. The molecule has 2 saturated heterocycles. The van der Waals surface area contributed by atoms with Gasteiger partial charge in [0.25, 0.3) is 0 Å². The molecule has 3 N–H and O–H groups in total. The van der Waals surface area contributed by atoms with Crippen molar-refractivity contribution in [1.29, 1.82) is 0 Å². The minimum absolute atomic E-state index is 0.0889. The fourth-order valence-electron chi connectivity index (χ4n) is 3.10. The van der Waals surface area contributed by atoms with Gasteiger partial charge >= 0.3 is 12.0 Å². The van der Waals surface area contributed by atoms with Crippen LogP contribution in [0, 0.1) is 5.92 Å². The zero-order valence-electron chi connectivity index (χ0n) is 12.7. The molecule has 0 aromatic carbocycles. The van der Waals surface area contributed by atoms with Crippen molar-refractivity contribution in [2.75, 3.05) is 26.2 Å². The summed E-state index contributed by atoms with van der Waals surface area (Å²) < 4.78 is 0. The highest BCUT2D eigenvalue weighted by molar-refractivity contribution is 5.83. The zero-order valence-corrected chi connectivity index (χ0v) is 12.7. The average molecular weight is 299 g/mol. The van der Waals surface area contributed by atoms with E-state index in [0.29, 0.717) is 18.5 Å². The molecule has 3 atom stereocenters. The summed E-state index contributed by atoms with van der Waals surface area (Å²) in [6, 6.07) is -0.798. The van der Waals surface area contributed by atoms with Gasteiger partial charge < -0.3 is 25.3 Å². The van der Waals surface area contributed by atoms with Gasteiger partial charge in [-0.05, 0) is 32.7 Å². The van der Waals surface area contributed by atoms with Crippen LogP contribution in [0.3, 0.4) is 0 Å². The Bertz CT molecular complexity index is 402. The van der Waals surface area contributed by atoms with E-state index in [2.05, 4.69) is 24.1 Å². The Labute approximate surface area is 124 Å². The van der Waals surface area contributed by atoms with Gasteiger partial charge in [0, 0.05) is 32.1 Å². The normalized spacial score (nSPS) is 30.1. The Kier molecular flexibility index (Phi) is 5.05. The third kappa shape index (κ3) is 3.85. The molecule has 2 unspecified atom stereocenters. The van der Waals surface area contributed by atoms with Crippen LogP contribution >= 0.6 is 0 Å². The molecule has 0 radical (unpaired) electrons. The summed E-state index contributed by atoms with van der Waals surface area (Å²) in [5.41, 5.74) is 0. The van der Waals surface area contributed by atoms with Crippen molar-refractivity contribution in [3.63, 3.8) is 0 Å². The van der Waals surface area contributed by atoms with Crippen molar-refractivity contribution in [1.82, 2.24) is 15.1 Å². The lowest BCUT2D eigenvalue weighted by atomic mass is 10.1. The van der Waals surface area contributed by atoms with Gasteiger partial charge in [-0.3, -0.25) is 0 Å². The summed E-state index contributed by atoms with van der Waals surface area (Å²) in [5, 5.41) is 21.5. The number of carbonyl (C=O) groups excluding carboxylic acids is 1. The zero-order chi connectivity index (χ0) is 15.6. The van der Waals surface area contributed by atoms with Gasteiger partial charge in [-0.1, -0.05) is 0 Å². The van der Waals surface area contributed by atoms with Crippen LogP contribution in [0.4, 0.5) is 4.79 Å². The monoisotopic (exact) mass is 299 g/mol. The number of likely N-dealkylation sites (tertiary alicyclic amines) is 2. The largest absolute Gasteiger partial charge is 0.480 e. The molecular weight excluding hydrogens is 274 g/mol. The molecule has 120 valence electrons. The van der Waals surface area contributed by atoms with Crippen molar-refractivity contribution in [3.8, 4) is 0 Å². The van der Waals surface area contributed by atoms with Gasteiger partial charge in [0.2, 0.25) is 0 Å². The summed E-state index contributed by atoms with van der Waals surface area (Å²) in [6.45, 7) is 6.96. The molecule has 0 aliphatic carbocycles. The van der Waals surface area contributed by atoms with E-state index in [-0.39, 0.29) is 19.0 Å². The standard InChI is InChI=1S/C14H25N3O4/c1-9(2)16-4-3-10(7-16)6-15-14(21)17-8-11(18)5-12(17)13(19)20/h9-12,18H,3-8H2,1-2H3,(H,15,21)(H,19,20)/t10?,11?,12-/m0/s1. The molecule has 0 aromatic rings. The van der Waals surface area contributed by atoms with Crippen molar-refractivity contribution < 1.29 is 19.8 Å². The number of nitrogens with zero attached hydrogens (tertiary/aromatic N) is 2. The third-order valence-corrected chi connectivity index (χ3v) is 4.41. The van der Waals surface area contributed by atoms with Crippen LogP contribution in [-0.4, -0.2) is 76.4 Å². The molecule has 7 nitrogen and oxygen atoms in total. The van der Waals surface area contributed by atoms with Gasteiger partial charge in [-0.15, -0.1) is 0 Å². The van der Waals surface area contributed by atoms with E-state index in [1.807, 2.05) is 0 Å². The first kappa shape index (κ1) is 16.0. The lowest BCUT2D eigenvalue weighted by Crippen LogP contribution is -2.47. The second-order valence-electron chi connectivity index (χ2n) is 6.33. The van der Waals surface area contributed by atoms with Crippen molar-refractivity contribution >= 4 is 12.0 Å². The van der Waals surface area contributed by atoms with E-state index in [9.17, 15) is 14.7 Å². The molecule has 2 rings (SSSR count). The molecule has 2 amide bonds. The highest BCUT2D eigenvalue weighted by Gasteiger charge is 2.39. The van der Waals surface area contributed by atoms with Crippen LogP contribution in [0.1, 0.15) is 26.7 Å². The fourth-order valence-corrected chi connectivity index (χ4v) is 3.10. The molecule has 2 fully saturated rings. The number of hydrogen-bond donors (Lipinski definition) is 3. The van der Waals surface area contributed by atoms with Crippen LogP contribution in [0.15, 0.2) is 0 Å². The van der Waals surface area contributed by atoms with E-state index in [0.717, 1.165) is 19.5 Å². The Morgan fingerprint density at radius 2 is 2.05 bits per heavy atom. The predicted octanol–water partition coefficient (Wildman–Crippen LogP) is -0.0539. The highest BCUT2D eigenvalue weighted by Crippen LogP contribution is 2.20. The molecule has 7 heteroatoms. The van der Waals surface area contributed by atoms with Gasteiger partial charge in [0.15, 0.2) is 0 Å². The Balaban J connectivity index is 1.81. The average Bonchev–Trinajstić information content (AvgIpc) is 3.02. The van der Waals surface area contributed by atoms with Crippen LogP contribution in [-0.2, 0) is 4.79 Å². The van der Waals surface area contributed by atoms with Gasteiger partial charge in [0.05, 0.1) is 6.10 Å². The quantitative estimate of drug-likeness (QED) is 0.676. The van der Waals surface area contributed by atoms with Crippen LogP contribution in [0.2, 0.25) is 0 Å². The first-order valence-corrected chi connectivity index (χ1v) is 7.58. The SMILES string of the molecule is CC(C)N1CCC(CNC(=O)N2CC(O)C[C@H]2C(=O)O)C1. The Hall–Kier alpha value is -1.34. The number of aliphatic carboxylic acids is 1. The number of β-amino-alcohol motifs (C(OH)–C–C–N with tert-alkyl or cyclic N) is 1. The summed E-state index contributed by atoms with van der Waals surface area (Å²) in [5.74, 6) is -0.652. The smallest absolute Gasteiger partial charge is 0.326 e. The number of rotatable bonds is 4. The molecule has 2 aliphatic heterocycles. The summed E-state index contributed by atoms with van der Waals surface area (Å²) in [4.78, 5) is 26.8. The second-order valence-corrected chi connectivity index (χ2v) is 6.33. The van der Waals surface area contributed by atoms with Crippen molar-refractivity contribution in [2.45, 2.75) is 44.9 Å². The Morgan fingerprint density at radius 1 is 1.33 bits per heavy atom. The molecular formula is C14H25N3O4. The highest BCUT2D eigenvalue weighted by atomic mass is 16.4. The number of carbonyl (C=O) groups is 2. The van der Waals surface area contributed by atoms with Gasteiger partial charge in [0.1, 0.15) is 6.04 Å². The fraction of sp³-hybridized carbons (Fsp3) is 0.857. The molecule has 0 bridgehead atoms. The predicted molar refractivity (Wildman–Crippen MR) is 77.0 cm³/mol. The number of urea groups is 1. The van der Waals surface area contributed by atoms with Crippen LogP contribution in [0.25, 0.3) is 0 Å². The maximum atomic E-state index is 12.1. The third-order valence-electron chi connectivity index (χ3n) is 4.41. The number of aliphatic hydroxyl groups excluding tert-OH is 1. The first-order valence-electron chi connectivity index (χ1n) is 7.58. The molecule has 0 saturated carbocycles. The van der Waals surface area contributed by atoms with E-state index >= 15 is 0 Å². The number of nitrogens with one attached hydrogen (secondary N) is 1. The Morgan fingerprint density at radius 3 is 2.62 bits per heavy atom. The lowest BCUT2D eigenvalue weighted by Gasteiger charge is -2.23. The molecule has 0 spiro atoms.